The van der Waals surface area contributed by atoms with Crippen molar-refractivity contribution in [3.63, 3.8) is 0 Å². The van der Waals surface area contributed by atoms with Gasteiger partial charge in [0, 0.05) is 6.07 Å². The molecule has 0 unspecified atom stereocenters. The van der Waals surface area contributed by atoms with Crippen molar-refractivity contribution in [2.45, 2.75) is 20.3 Å². The van der Waals surface area contributed by atoms with Gasteiger partial charge in [-0.1, -0.05) is 13.0 Å². The van der Waals surface area contributed by atoms with Crippen LogP contribution < -0.4 is 19.6 Å². The number of rotatable bonds is 5. The third kappa shape index (κ3) is 3.40. The first-order valence-corrected chi connectivity index (χ1v) is 9.21. The molecule has 0 radical (unpaired) electrons. The van der Waals surface area contributed by atoms with Gasteiger partial charge in [-0.3, -0.25) is 4.79 Å². The maximum Gasteiger partial charge on any atom is 0.343 e. The minimum absolute atomic E-state index is 0.142. The molecule has 0 amide bonds. The van der Waals surface area contributed by atoms with E-state index in [1.54, 1.807) is 31.2 Å². The molecule has 0 saturated heterocycles. The van der Waals surface area contributed by atoms with Gasteiger partial charge in [0.1, 0.15) is 17.1 Å². The lowest BCUT2D eigenvalue weighted by atomic mass is 10.0. The summed E-state index contributed by atoms with van der Waals surface area (Å²) in [6, 6.07) is 8.77. The van der Waals surface area contributed by atoms with Gasteiger partial charge in [-0.05, 0) is 42.7 Å². The molecule has 0 atom stereocenters. The van der Waals surface area contributed by atoms with Crippen molar-refractivity contribution in [1.82, 2.24) is 0 Å². The summed E-state index contributed by atoms with van der Waals surface area (Å²) in [6.45, 7) is 3.63. The van der Waals surface area contributed by atoms with Gasteiger partial charge in [-0.2, -0.15) is 0 Å². The second-order valence-corrected chi connectivity index (χ2v) is 6.60. The third-order valence-corrected chi connectivity index (χ3v) is 4.86. The fourth-order valence-electron chi connectivity index (χ4n) is 3.37. The number of methoxy groups -OCH3 is 1. The van der Waals surface area contributed by atoms with Crippen LogP contribution >= 0.6 is 0 Å². The van der Waals surface area contributed by atoms with Gasteiger partial charge in [-0.15, -0.1) is 0 Å². The molecule has 150 valence electrons. The molecule has 7 nitrogen and oxygen atoms in total. The molecule has 7 heteroatoms. The van der Waals surface area contributed by atoms with Crippen LogP contribution in [0.25, 0.3) is 22.1 Å². The van der Waals surface area contributed by atoms with Gasteiger partial charge in [0.05, 0.1) is 18.1 Å². The van der Waals surface area contributed by atoms with E-state index in [1.807, 2.05) is 13.0 Å². The summed E-state index contributed by atoms with van der Waals surface area (Å²) >= 11 is 0. The molecule has 4 rings (SSSR count). The number of hydrogen-bond donors (Lipinski definition) is 0. The topological polar surface area (TPSA) is 84.2 Å². The van der Waals surface area contributed by atoms with E-state index in [1.165, 1.54) is 7.11 Å². The zero-order valence-electron chi connectivity index (χ0n) is 16.4. The number of carbonyl (C=O) groups excluding carboxylic acids is 1. The first-order chi connectivity index (χ1) is 14.0. The Morgan fingerprint density at radius 2 is 1.93 bits per heavy atom. The third-order valence-electron chi connectivity index (χ3n) is 4.86. The first-order valence-electron chi connectivity index (χ1n) is 9.21. The first kappa shape index (κ1) is 18.9. The highest BCUT2D eigenvalue weighted by atomic mass is 16.7. The summed E-state index contributed by atoms with van der Waals surface area (Å²) in [6.07, 6.45) is 0.624. The molecule has 3 aromatic rings. The molecule has 0 fully saturated rings. The summed E-state index contributed by atoms with van der Waals surface area (Å²) in [5, 5.41) is 0.450. The van der Waals surface area contributed by atoms with Crippen LogP contribution in [0, 0.1) is 6.92 Å². The van der Waals surface area contributed by atoms with Crippen LogP contribution in [0.5, 0.6) is 17.2 Å². The standard InChI is InChI=1S/C22H20O7/c1-4-13-7-15-18(9-17(13)26-10-20(23)25-3)29-12(2)21(22(15)24)14-5-6-16-19(8-14)28-11-27-16/h5-9H,4,10-11H2,1-3H3. The predicted molar refractivity (Wildman–Crippen MR) is 106 cm³/mol. The van der Waals surface area contributed by atoms with Crippen molar-refractivity contribution in [3.05, 3.63) is 51.9 Å². The van der Waals surface area contributed by atoms with Crippen LogP contribution in [0.2, 0.25) is 0 Å². The van der Waals surface area contributed by atoms with Gasteiger partial charge in [0.2, 0.25) is 12.2 Å². The Morgan fingerprint density at radius 1 is 1.14 bits per heavy atom. The molecular formula is C22H20O7. The second kappa shape index (κ2) is 7.50. The molecular weight excluding hydrogens is 376 g/mol. The summed E-state index contributed by atoms with van der Waals surface area (Å²) in [5.74, 6) is 1.73. The number of hydrogen-bond acceptors (Lipinski definition) is 7. The van der Waals surface area contributed by atoms with Crippen LogP contribution in [0.15, 0.2) is 39.5 Å². The summed E-state index contributed by atoms with van der Waals surface area (Å²) in [5.41, 5.74) is 2.23. The average Bonchev–Trinajstić information content (AvgIpc) is 3.19. The summed E-state index contributed by atoms with van der Waals surface area (Å²) in [4.78, 5) is 24.7. The van der Waals surface area contributed by atoms with E-state index in [0.29, 0.717) is 51.5 Å². The van der Waals surface area contributed by atoms with E-state index in [0.717, 1.165) is 5.56 Å². The van der Waals surface area contributed by atoms with Gasteiger partial charge in [-0.25, -0.2) is 4.79 Å². The van der Waals surface area contributed by atoms with Gasteiger partial charge >= 0.3 is 5.97 Å². The van der Waals surface area contributed by atoms with Crippen LogP contribution in [-0.2, 0) is 16.0 Å². The fourth-order valence-corrected chi connectivity index (χ4v) is 3.37. The van der Waals surface area contributed by atoms with Crippen LogP contribution in [0.1, 0.15) is 18.2 Å². The molecule has 1 aromatic heterocycles. The predicted octanol–water partition coefficient (Wildman–Crippen LogP) is 3.61. The normalized spacial score (nSPS) is 12.2. The van der Waals surface area contributed by atoms with E-state index in [4.69, 9.17) is 18.6 Å². The monoisotopic (exact) mass is 396 g/mol. The number of esters is 1. The highest BCUT2D eigenvalue weighted by molar-refractivity contribution is 5.85. The Hall–Kier alpha value is -3.48. The molecule has 0 saturated carbocycles. The van der Waals surface area contributed by atoms with Crippen molar-refractivity contribution in [3.8, 4) is 28.4 Å². The lowest BCUT2D eigenvalue weighted by Gasteiger charge is -2.13. The van der Waals surface area contributed by atoms with Crippen LogP contribution in [-0.4, -0.2) is 26.5 Å². The highest BCUT2D eigenvalue weighted by Gasteiger charge is 2.20. The Bertz CT molecular complexity index is 1160. The Balaban J connectivity index is 1.82. The largest absolute Gasteiger partial charge is 0.481 e. The maximum atomic E-state index is 13.3. The number of carbonyl (C=O) groups is 1. The van der Waals surface area contributed by atoms with Gasteiger partial charge in [0.25, 0.3) is 0 Å². The molecule has 2 aromatic carbocycles. The fraction of sp³-hybridized carbons (Fsp3) is 0.273. The Labute approximate surface area is 166 Å². The van der Waals surface area contributed by atoms with Gasteiger partial charge < -0.3 is 23.4 Å². The molecule has 0 spiro atoms. The molecule has 29 heavy (non-hydrogen) atoms. The molecule has 1 aliphatic heterocycles. The van der Waals surface area contributed by atoms with E-state index in [-0.39, 0.29) is 18.8 Å². The second-order valence-electron chi connectivity index (χ2n) is 6.60. The zero-order valence-corrected chi connectivity index (χ0v) is 16.4. The van der Waals surface area contributed by atoms with Crippen molar-refractivity contribution in [2.75, 3.05) is 20.5 Å². The van der Waals surface area contributed by atoms with Crippen molar-refractivity contribution in [2.24, 2.45) is 0 Å². The quantitative estimate of drug-likeness (QED) is 0.609. The minimum atomic E-state index is -0.483. The molecule has 0 bridgehead atoms. The van der Waals surface area contributed by atoms with E-state index in [2.05, 4.69) is 4.74 Å². The maximum absolute atomic E-state index is 13.3. The Morgan fingerprint density at radius 3 is 2.69 bits per heavy atom. The zero-order chi connectivity index (χ0) is 20.5. The number of fused-ring (bicyclic) bond motifs is 2. The van der Waals surface area contributed by atoms with Crippen molar-refractivity contribution >= 4 is 16.9 Å². The van der Waals surface area contributed by atoms with Crippen molar-refractivity contribution in [1.29, 1.82) is 0 Å². The molecule has 0 aliphatic carbocycles. The SMILES string of the molecule is CCc1cc2c(=O)c(-c3ccc4c(c3)OCO4)c(C)oc2cc1OCC(=O)OC. The lowest BCUT2D eigenvalue weighted by Crippen LogP contribution is -2.14. The summed E-state index contributed by atoms with van der Waals surface area (Å²) < 4.78 is 26.9. The number of benzene rings is 2. The lowest BCUT2D eigenvalue weighted by molar-refractivity contribution is -0.142. The van der Waals surface area contributed by atoms with E-state index in [9.17, 15) is 9.59 Å². The Kier molecular flexibility index (Phi) is 4.88. The molecule has 2 heterocycles. The number of aryl methyl sites for hydroxylation is 2. The molecule has 0 N–H and O–H groups in total. The smallest absolute Gasteiger partial charge is 0.343 e. The average molecular weight is 396 g/mol. The highest BCUT2D eigenvalue weighted by Crippen LogP contribution is 2.37. The van der Waals surface area contributed by atoms with Crippen LogP contribution in [0.3, 0.4) is 0 Å². The molecule has 1 aliphatic rings. The van der Waals surface area contributed by atoms with Crippen molar-refractivity contribution < 1.29 is 28.2 Å². The van der Waals surface area contributed by atoms with Crippen LogP contribution in [0.4, 0.5) is 0 Å². The summed E-state index contributed by atoms with van der Waals surface area (Å²) in [7, 11) is 1.30. The van der Waals surface area contributed by atoms with Gasteiger partial charge in [0.15, 0.2) is 18.1 Å². The van der Waals surface area contributed by atoms with E-state index >= 15 is 0 Å². The number of ether oxygens (including phenoxy) is 4. The van der Waals surface area contributed by atoms with E-state index < -0.39 is 5.97 Å². The minimum Gasteiger partial charge on any atom is -0.481 e.